The Labute approximate surface area is 218 Å². The Balaban J connectivity index is 0.00000432. The van der Waals surface area contributed by atoms with Gasteiger partial charge in [-0.05, 0) is 56.1 Å². The van der Waals surface area contributed by atoms with Gasteiger partial charge >= 0.3 is 5.97 Å². The Bertz CT molecular complexity index is 1130. The number of anilines is 1. The largest absolute Gasteiger partial charge is 0.462 e. The first-order valence-corrected chi connectivity index (χ1v) is 13.9. The number of unbranched alkanes of at least 4 members (excludes halogenated alkanes) is 1. The van der Waals surface area contributed by atoms with E-state index in [1.54, 1.807) is 14.0 Å². The van der Waals surface area contributed by atoms with Crippen LogP contribution in [0.25, 0.3) is 0 Å². The van der Waals surface area contributed by atoms with Crippen molar-refractivity contribution in [2.75, 3.05) is 38.6 Å². The van der Waals surface area contributed by atoms with Gasteiger partial charge in [0.25, 0.3) is 5.91 Å². The molecule has 8 nitrogen and oxygen atoms in total. The van der Waals surface area contributed by atoms with Crippen molar-refractivity contribution in [3.05, 3.63) is 45.8 Å². The van der Waals surface area contributed by atoms with E-state index in [9.17, 15) is 18.0 Å². The molecule has 1 N–H and O–H groups in total. The maximum Gasteiger partial charge on any atom is 0.341 e. The zero-order valence-electron chi connectivity index (χ0n) is 20.6. The quantitative estimate of drug-likeness (QED) is 0.446. The molecule has 1 aliphatic heterocycles. The minimum Gasteiger partial charge on any atom is -0.462 e. The van der Waals surface area contributed by atoms with Gasteiger partial charge in [-0.3, -0.25) is 9.69 Å². The molecule has 0 spiro atoms. The number of esters is 1. The number of rotatable bonds is 10. The third kappa shape index (κ3) is 6.62. The second-order valence-electron chi connectivity index (χ2n) is 8.21. The van der Waals surface area contributed by atoms with E-state index in [4.69, 9.17) is 4.74 Å². The summed E-state index contributed by atoms with van der Waals surface area (Å²) in [5.41, 5.74) is 1.69. The molecule has 0 unspecified atom stereocenters. The summed E-state index contributed by atoms with van der Waals surface area (Å²) in [4.78, 5) is 29.2. The third-order valence-corrected chi connectivity index (χ3v) is 8.94. The van der Waals surface area contributed by atoms with Crippen LogP contribution in [0.4, 0.5) is 5.00 Å². The van der Waals surface area contributed by atoms with Gasteiger partial charge in [0.1, 0.15) is 5.00 Å². The smallest absolute Gasteiger partial charge is 0.341 e. The van der Waals surface area contributed by atoms with Crippen LogP contribution < -0.4 is 5.32 Å². The second kappa shape index (κ2) is 12.8. The van der Waals surface area contributed by atoms with Crippen LogP contribution in [-0.2, 0) is 27.7 Å². The van der Waals surface area contributed by atoms with Crippen LogP contribution in [0.15, 0.2) is 29.2 Å². The van der Waals surface area contributed by atoms with Crippen LogP contribution >= 0.6 is 23.7 Å². The van der Waals surface area contributed by atoms with Crippen molar-refractivity contribution in [1.29, 1.82) is 0 Å². The molecule has 35 heavy (non-hydrogen) atoms. The maximum absolute atomic E-state index is 13.0. The molecule has 1 aromatic heterocycles. The highest BCUT2D eigenvalue weighted by Gasteiger charge is 2.29. The van der Waals surface area contributed by atoms with Gasteiger partial charge in [-0.15, -0.1) is 23.7 Å². The number of benzene rings is 1. The number of nitrogens with zero attached hydrogens (tertiary/aromatic N) is 2. The molecule has 1 aliphatic rings. The summed E-state index contributed by atoms with van der Waals surface area (Å²) in [6, 6.07) is 5.87. The van der Waals surface area contributed by atoms with Crippen molar-refractivity contribution in [1.82, 2.24) is 9.21 Å². The van der Waals surface area contributed by atoms with E-state index in [0.29, 0.717) is 22.7 Å². The van der Waals surface area contributed by atoms with Gasteiger partial charge < -0.3 is 10.1 Å². The van der Waals surface area contributed by atoms with Crippen LogP contribution in [0.1, 0.15) is 64.8 Å². The summed E-state index contributed by atoms with van der Waals surface area (Å²) in [6.07, 6.45) is 2.40. The minimum atomic E-state index is -3.61. The van der Waals surface area contributed by atoms with E-state index >= 15 is 0 Å². The first-order chi connectivity index (χ1) is 16.2. The molecule has 11 heteroatoms. The van der Waals surface area contributed by atoms with Crippen molar-refractivity contribution in [3.63, 3.8) is 0 Å². The van der Waals surface area contributed by atoms with E-state index < -0.39 is 21.9 Å². The summed E-state index contributed by atoms with van der Waals surface area (Å²) >= 11 is 1.40. The van der Waals surface area contributed by atoms with Crippen molar-refractivity contribution in [3.8, 4) is 0 Å². The predicted octanol–water partition coefficient (Wildman–Crippen LogP) is 4.40. The number of thiophene rings is 1. The minimum absolute atomic E-state index is 0. The summed E-state index contributed by atoms with van der Waals surface area (Å²) < 4.78 is 32.0. The standard InChI is InChI=1S/C24H33N3O5S2.ClH/c1-5-8-14-26(4)34(30,31)18-11-9-17(10-12-18)22(28)25-23-21(24(29)32-7-3)19-13-15-27(6-2)16-20(19)33-23;/h9-12H,5-8,13-16H2,1-4H3,(H,25,28);1H. The van der Waals surface area contributed by atoms with Gasteiger partial charge in [0.05, 0.1) is 17.1 Å². The second-order valence-corrected chi connectivity index (χ2v) is 11.4. The number of fused-ring (bicyclic) bond motifs is 1. The normalized spacial score (nSPS) is 13.7. The van der Waals surface area contributed by atoms with Crippen molar-refractivity contribution in [2.45, 2.75) is 51.5 Å². The zero-order valence-corrected chi connectivity index (χ0v) is 23.1. The lowest BCUT2D eigenvalue weighted by atomic mass is 10.0. The van der Waals surface area contributed by atoms with Crippen LogP contribution in [0, 0.1) is 0 Å². The number of ether oxygens (including phenoxy) is 1. The predicted molar refractivity (Wildman–Crippen MR) is 141 cm³/mol. The van der Waals surface area contributed by atoms with Gasteiger partial charge in [0.15, 0.2) is 0 Å². The Kier molecular flexibility index (Phi) is 10.7. The summed E-state index contributed by atoms with van der Waals surface area (Å²) in [5, 5.41) is 3.34. The van der Waals surface area contributed by atoms with Gasteiger partial charge in [-0.2, -0.15) is 0 Å². The zero-order chi connectivity index (χ0) is 24.9. The van der Waals surface area contributed by atoms with Gasteiger partial charge in [-0.25, -0.2) is 17.5 Å². The van der Waals surface area contributed by atoms with Gasteiger partial charge in [0.2, 0.25) is 10.0 Å². The van der Waals surface area contributed by atoms with Crippen LogP contribution in [0.2, 0.25) is 0 Å². The number of likely N-dealkylation sites (N-methyl/N-ethyl adjacent to an activating group) is 1. The molecular weight excluding hydrogens is 510 g/mol. The number of hydrogen-bond acceptors (Lipinski definition) is 7. The molecule has 1 amide bonds. The average molecular weight is 544 g/mol. The molecule has 2 heterocycles. The molecule has 0 radical (unpaired) electrons. The number of halogens is 1. The topological polar surface area (TPSA) is 96.0 Å². The highest BCUT2D eigenvalue weighted by atomic mass is 35.5. The summed E-state index contributed by atoms with van der Waals surface area (Å²) in [6.45, 7) is 9.04. The number of hydrogen-bond donors (Lipinski definition) is 1. The highest BCUT2D eigenvalue weighted by molar-refractivity contribution is 7.89. The monoisotopic (exact) mass is 543 g/mol. The lowest BCUT2D eigenvalue weighted by molar-refractivity contribution is 0.0526. The van der Waals surface area contributed by atoms with E-state index in [1.165, 1.54) is 39.9 Å². The maximum atomic E-state index is 13.0. The molecule has 0 aliphatic carbocycles. The molecule has 0 saturated heterocycles. The lowest BCUT2D eigenvalue weighted by Crippen LogP contribution is -2.30. The molecule has 2 aromatic rings. The van der Waals surface area contributed by atoms with Gasteiger partial charge in [0, 0.05) is 37.1 Å². The van der Waals surface area contributed by atoms with Crippen molar-refractivity contribution >= 4 is 50.6 Å². The van der Waals surface area contributed by atoms with Crippen LogP contribution in [0.5, 0.6) is 0 Å². The fourth-order valence-corrected chi connectivity index (χ4v) is 6.35. The van der Waals surface area contributed by atoms with E-state index in [1.807, 2.05) is 6.92 Å². The number of nitrogens with one attached hydrogen (secondary N) is 1. The van der Waals surface area contributed by atoms with Crippen LogP contribution in [0.3, 0.4) is 0 Å². The Hall–Kier alpha value is -1.98. The molecule has 0 saturated carbocycles. The molecule has 3 rings (SSSR count). The van der Waals surface area contributed by atoms with Crippen molar-refractivity contribution in [2.24, 2.45) is 0 Å². The molecule has 0 atom stereocenters. The van der Waals surface area contributed by atoms with E-state index in [2.05, 4.69) is 17.1 Å². The highest BCUT2D eigenvalue weighted by Crippen LogP contribution is 2.38. The third-order valence-electron chi connectivity index (χ3n) is 5.94. The Morgan fingerprint density at radius 1 is 1.17 bits per heavy atom. The fourth-order valence-electron chi connectivity index (χ4n) is 3.87. The van der Waals surface area contributed by atoms with Crippen molar-refractivity contribution < 1.29 is 22.7 Å². The first-order valence-electron chi connectivity index (χ1n) is 11.6. The molecule has 194 valence electrons. The van der Waals surface area contributed by atoms with Crippen LogP contribution in [-0.4, -0.2) is 62.8 Å². The number of amides is 1. The van der Waals surface area contributed by atoms with E-state index in [0.717, 1.165) is 49.3 Å². The average Bonchev–Trinajstić information content (AvgIpc) is 3.19. The number of sulfonamides is 1. The molecule has 0 fully saturated rings. The molecule has 1 aromatic carbocycles. The summed E-state index contributed by atoms with van der Waals surface area (Å²) in [7, 11) is -2.05. The van der Waals surface area contributed by atoms with Gasteiger partial charge in [-0.1, -0.05) is 20.3 Å². The Morgan fingerprint density at radius 2 is 1.86 bits per heavy atom. The van der Waals surface area contributed by atoms with E-state index in [-0.39, 0.29) is 23.9 Å². The molecular formula is C24H34ClN3O5S2. The first kappa shape index (κ1) is 29.3. The number of carbonyl (C=O) groups is 2. The number of carbonyl (C=O) groups excluding carboxylic acids is 2. The fraction of sp³-hybridized carbons (Fsp3) is 0.500. The summed E-state index contributed by atoms with van der Waals surface area (Å²) in [5.74, 6) is -0.836. The lowest BCUT2D eigenvalue weighted by Gasteiger charge is -2.25. The SMILES string of the molecule is CCCCN(C)S(=O)(=O)c1ccc(C(=O)Nc2sc3c(c2C(=O)OCC)CCN(CC)C3)cc1.Cl. The molecule has 0 bridgehead atoms. The Morgan fingerprint density at radius 3 is 2.46 bits per heavy atom.